The van der Waals surface area contributed by atoms with Crippen LogP contribution < -0.4 is 16.6 Å². The zero-order valence-corrected chi connectivity index (χ0v) is 18.5. The topological polar surface area (TPSA) is 150 Å². The molecule has 32 heavy (non-hydrogen) atoms. The second-order valence-electron chi connectivity index (χ2n) is 7.11. The molecule has 1 fully saturated rings. The molecule has 1 saturated heterocycles. The highest BCUT2D eigenvalue weighted by Crippen LogP contribution is 2.36. The van der Waals surface area contributed by atoms with Crippen LogP contribution in [0.15, 0.2) is 21.9 Å². The lowest BCUT2D eigenvalue weighted by Gasteiger charge is -2.22. The molecule has 0 bridgehead atoms. The van der Waals surface area contributed by atoms with Crippen LogP contribution >= 0.6 is 0 Å². The Morgan fingerprint density at radius 3 is 2.50 bits per heavy atom. The summed E-state index contributed by atoms with van der Waals surface area (Å²) in [4.78, 5) is 38.0. The van der Waals surface area contributed by atoms with Gasteiger partial charge in [0.05, 0.1) is 45.7 Å². The van der Waals surface area contributed by atoms with E-state index >= 15 is 0 Å². The normalized spacial score (nSPS) is 22.8. The van der Waals surface area contributed by atoms with E-state index in [1.807, 2.05) is 6.92 Å². The quantitative estimate of drug-likeness (QED) is 0.270. The number of amides is 1. The monoisotopic (exact) mass is 459 g/mol. The third-order valence-electron chi connectivity index (χ3n) is 5.01. The van der Waals surface area contributed by atoms with Crippen LogP contribution in [0.1, 0.15) is 19.6 Å². The van der Waals surface area contributed by atoms with Crippen molar-refractivity contribution in [1.82, 2.24) is 14.9 Å². The predicted molar refractivity (Wildman–Crippen MR) is 112 cm³/mol. The van der Waals surface area contributed by atoms with Gasteiger partial charge in [-0.05, 0) is 6.92 Å². The largest absolute Gasteiger partial charge is 0.394 e. The van der Waals surface area contributed by atoms with Gasteiger partial charge in [-0.1, -0.05) is 0 Å². The lowest BCUT2D eigenvalue weighted by molar-refractivity contribution is -0.123. The molecule has 1 aliphatic rings. The first kappa shape index (κ1) is 26.2. The lowest BCUT2D eigenvalue weighted by atomic mass is 9.94. The Kier molecular flexibility index (Phi) is 11.6. The minimum atomic E-state index is -0.884. The van der Waals surface area contributed by atoms with Crippen molar-refractivity contribution >= 4 is 5.91 Å². The van der Waals surface area contributed by atoms with Gasteiger partial charge in [0, 0.05) is 44.9 Å². The number of carbonyl (C=O) groups excluding carboxylic acids is 1. The molecule has 1 amide bonds. The molecule has 0 unspecified atom stereocenters. The highest BCUT2D eigenvalue weighted by Gasteiger charge is 2.46. The second kappa shape index (κ2) is 14.1. The molecule has 3 N–H and O–H groups in total. The number of aliphatic hydroxyl groups excluding tert-OH is 1. The van der Waals surface area contributed by atoms with Crippen molar-refractivity contribution in [2.75, 3.05) is 59.9 Å². The summed E-state index contributed by atoms with van der Waals surface area (Å²) >= 11 is 0. The number of aromatic amines is 1. The molecule has 0 saturated carbocycles. The van der Waals surface area contributed by atoms with Crippen LogP contribution in [0.2, 0.25) is 0 Å². The summed E-state index contributed by atoms with van der Waals surface area (Å²) in [6, 6.07) is 1.19. The summed E-state index contributed by atoms with van der Waals surface area (Å²) < 4.78 is 28.3. The van der Waals surface area contributed by atoms with E-state index in [1.54, 1.807) is 0 Å². The van der Waals surface area contributed by atoms with E-state index in [0.29, 0.717) is 46.2 Å². The van der Waals surface area contributed by atoms with Gasteiger partial charge in [0.15, 0.2) is 6.23 Å². The molecule has 182 valence electrons. The summed E-state index contributed by atoms with van der Waals surface area (Å²) in [5, 5.41) is 12.5. The smallest absolute Gasteiger partial charge is 0.330 e. The van der Waals surface area contributed by atoms with Crippen LogP contribution in [-0.2, 0) is 28.5 Å². The lowest BCUT2D eigenvalue weighted by Crippen LogP contribution is -2.38. The van der Waals surface area contributed by atoms with Gasteiger partial charge in [0.2, 0.25) is 5.91 Å². The van der Waals surface area contributed by atoms with Crippen LogP contribution in [0.4, 0.5) is 0 Å². The Balaban J connectivity index is 1.78. The summed E-state index contributed by atoms with van der Waals surface area (Å²) in [7, 11) is 1.44. The van der Waals surface area contributed by atoms with Crippen molar-refractivity contribution in [3.63, 3.8) is 0 Å². The average molecular weight is 459 g/mol. The molecule has 4 atom stereocenters. The summed E-state index contributed by atoms with van der Waals surface area (Å²) in [6.07, 6.45) is -0.942. The molecule has 0 spiro atoms. The number of methoxy groups -OCH3 is 1. The molecule has 1 aromatic rings. The van der Waals surface area contributed by atoms with Crippen LogP contribution in [0.25, 0.3) is 0 Å². The first-order valence-corrected chi connectivity index (χ1v) is 10.6. The highest BCUT2D eigenvalue weighted by atomic mass is 16.6. The fourth-order valence-corrected chi connectivity index (χ4v) is 3.48. The molecule has 12 nitrogen and oxygen atoms in total. The number of hydrogen-bond acceptors (Lipinski definition) is 9. The van der Waals surface area contributed by atoms with E-state index in [9.17, 15) is 19.5 Å². The van der Waals surface area contributed by atoms with Gasteiger partial charge in [-0.2, -0.15) is 0 Å². The third kappa shape index (κ3) is 7.80. The highest BCUT2D eigenvalue weighted by molar-refractivity contribution is 5.76. The average Bonchev–Trinajstić information content (AvgIpc) is 3.11. The van der Waals surface area contributed by atoms with Gasteiger partial charge in [-0.25, -0.2) is 4.79 Å². The van der Waals surface area contributed by atoms with Crippen LogP contribution in [0.5, 0.6) is 0 Å². The van der Waals surface area contributed by atoms with Crippen LogP contribution in [0, 0.1) is 5.92 Å². The molecule has 1 aromatic heterocycles. The molecular formula is C20H33N3O9. The Bertz CT molecular complexity index is 797. The number of rotatable bonds is 15. The van der Waals surface area contributed by atoms with Gasteiger partial charge in [-0.3, -0.25) is 19.1 Å². The number of aliphatic hydroxyl groups is 1. The number of aromatic nitrogens is 2. The maximum absolute atomic E-state index is 12.4. The number of carbonyl (C=O) groups is 1. The Labute approximate surface area is 185 Å². The van der Waals surface area contributed by atoms with Crippen molar-refractivity contribution in [1.29, 1.82) is 0 Å². The Hall–Kier alpha value is -2.09. The van der Waals surface area contributed by atoms with Gasteiger partial charge in [0.25, 0.3) is 5.56 Å². The Morgan fingerprint density at radius 1 is 1.19 bits per heavy atom. The maximum atomic E-state index is 12.4. The van der Waals surface area contributed by atoms with E-state index < -0.39 is 35.6 Å². The molecule has 0 radical (unpaired) electrons. The van der Waals surface area contributed by atoms with E-state index in [-0.39, 0.29) is 18.9 Å². The van der Waals surface area contributed by atoms with E-state index in [0.717, 1.165) is 0 Å². The number of ether oxygens (including phenoxy) is 5. The fraction of sp³-hybridized carbons (Fsp3) is 0.750. The summed E-state index contributed by atoms with van der Waals surface area (Å²) in [6.45, 7) is 4.78. The van der Waals surface area contributed by atoms with Gasteiger partial charge < -0.3 is 34.1 Å². The number of hydrogen-bond donors (Lipinski definition) is 3. The standard InChI is InChI=1S/C20H33N3O9/c1-3-29-8-9-31-11-10-30-7-5-21-17(26)12-14-15(13-24)32-19(18(14)28-2)23-6-4-16(25)22-20(23)27/h4,6,14-15,18-19,24H,3,5,7-13H2,1-2H3,(H,21,26)(H,22,25,27)/t14-,15-,18-,19-/m1/s1. The van der Waals surface area contributed by atoms with Gasteiger partial charge in [0.1, 0.15) is 6.10 Å². The second-order valence-corrected chi connectivity index (χ2v) is 7.11. The van der Waals surface area contributed by atoms with Crippen molar-refractivity contribution in [2.24, 2.45) is 5.92 Å². The summed E-state index contributed by atoms with van der Waals surface area (Å²) in [5.41, 5.74) is -1.20. The zero-order valence-electron chi connectivity index (χ0n) is 18.5. The molecule has 1 aliphatic heterocycles. The molecule has 2 heterocycles. The predicted octanol–water partition coefficient (Wildman–Crippen LogP) is -1.37. The van der Waals surface area contributed by atoms with Crippen molar-refractivity contribution in [3.8, 4) is 0 Å². The minimum Gasteiger partial charge on any atom is -0.394 e. The van der Waals surface area contributed by atoms with E-state index in [4.69, 9.17) is 23.7 Å². The molecule has 12 heteroatoms. The molecule has 2 rings (SSSR count). The van der Waals surface area contributed by atoms with Gasteiger partial charge >= 0.3 is 5.69 Å². The molecule has 0 aliphatic carbocycles. The molecular weight excluding hydrogens is 426 g/mol. The van der Waals surface area contributed by atoms with Crippen molar-refractivity contribution in [2.45, 2.75) is 31.8 Å². The van der Waals surface area contributed by atoms with Crippen LogP contribution in [-0.4, -0.2) is 92.7 Å². The maximum Gasteiger partial charge on any atom is 0.330 e. The minimum absolute atomic E-state index is 0.0267. The SMILES string of the molecule is CCOCCOCCOCCNC(=O)C[C@H]1[C@@H](OC)[C@H](n2ccc(=O)[nH]c2=O)O[C@@H]1CO. The number of nitrogens with one attached hydrogen (secondary N) is 2. The van der Waals surface area contributed by atoms with E-state index in [2.05, 4.69) is 10.3 Å². The number of H-pyrrole nitrogens is 1. The third-order valence-corrected chi connectivity index (χ3v) is 5.01. The number of nitrogens with zero attached hydrogens (tertiary/aromatic N) is 1. The van der Waals surface area contributed by atoms with Crippen molar-refractivity contribution < 1.29 is 33.6 Å². The Morgan fingerprint density at radius 2 is 1.88 bits per heavy atom. The van der Waals surface area contributed by atoms with E-state index in [1.165, 1.54) is 23.9 Å². The van der Waals surface area contributed by atoms with Crippen LogP contribution in [0.3, 0.4) is 0 Å². The fourth-order valence-electron chi connectivity index (χ4n) is 3.48. The first-order chi connectivity index (χ1) is 15.5. The van der Waals surface area contributed by atoms with Crippen molar-refractivity contribution in [3.05, 3.63) is 33.1 Å². The first-order valence-electron chi connectivity index (χ1n) is 10.6. The molecule has 0 aromatic carbocycles. The van der Waals surface area contributed by atoms with Gasteiger partial charge in [-0.15, -0.1) is 0 Å². The summed E-state index contributed by atoms with van der Waals surface area (Å²) in [5.74, 6) is -0.751. The zero-order chi connectivity index (χ0) is 23.3.